The Morgan fingerprint density at radius 2 is 1.86 bits per heavy atom. The van der Waals surface area contributed by atoms with Crippen LogP contribution in [-0.2, 0) is 0 Å². The summed E-state index contributed by atoms with van der Waals surface area (Å²) in [6.45, 7) is 5.68. The molecule has 1 fully saturated rings. The third-order valence-corrected chi connectivity index (χ3v) is 4.06. The molecule has 22 heavy (non-hydrogen) atoms. The van der Waals surface area contributed by atoms with Gasteiger partial charge in [0.25, 0.3) is 11.6 Å². The van der Waals surface area contributed by atoms with Gasteiger partial charge in [-0.2, -0.15) is 0 Å². The van der Waals surface area contributed by atoms with Crippen molar-refractivity contribution in [1.29, 1.82) is 0 Å². The molecule has 1 aromatic rings. The van der Waals surface area contributed by atoms with Gasteiger partial charge in [-0.1, -0.05) is 13.8 Å². The van der Waals surface area contributed by atoms with Crippen molar-refractivity contribution in [3.63, 3.8) is 0 Å². The number of nitrogens with zero attached hydrogens (tertiary/aromatic N) is 3. The first-order chi connectivity index (χ1) is 10.3. The minimum atomic E-state index is -0.461. The smallest absolute Gasteiger partial charge is 0.270 e. The van der Waals surface area contributed by atoms with Crippen molar-refractivity contribution in [3.05, 3.63) is 33.9 Å². The van der Waals surface area contributed by atoms with Gasteiger partial charge in [-0.15, -0.1) is 0 Å². The quantitative estimate of drug-likeness (QED) is 0.636. The number of likely N-dealkylation sites (tertiary alicyclic amines) is 1. The van der Waals surface area contributed by atoms with E-state index in [1.54, 1.807) is 6.07 Å². The first kappa shape index (κ1) is 16.3. The molecule has 2 unspecified atom stereocenters. The van der Waals surface area contributed by atoms with Gasteiger partial charge >= 0.3 is 0 Å². The molecule has 6 nitrogen and oxygen atoms in total. The molecule has 1 aromatic carbocycles. The first-order valence-electron chi connectivity index (χ1n) is 7.54. The predicted molar refractivity (Wildman–Crippen MR) is 86.3 cm³/mol. The Labute approximate surface area is 130 Å². The van der Waals surface area contributed by atoms with Gasteiger partial charge in [0.15, 0.2) is 0 Å². The van der Waals surface area contributed by atoms with Crippen LogP contribution in [-0.4, -0.2) is 42.9 Å². The molecule has 0 bridgehead atoms. The Balaban J connectivity index is 2.38. The van der Waals surface area contributed by atoms with E-state index in [0.717, 1.165) is 6.42 Å². The number of non-ortho nitro benzene ring substituents is 1. The van der Waals surface area contributed by atoms with E-state index < -0.39 is 4.92 Å². The van der Waals surface area contributed by atoms with Crippen LogP contribution in [0.3, 0.4) is 0 Å². The highest BCUT2D eigenvalue weighted by Crippen LogP contribution is 2.28. The number of piperidine rings is 1. The van der Waals surface area contributed by atoms with Crippen molar-refractivity contribution < 1.29 is 9.72 Å². The Morgan fingerprint density at radius 3 is 2.36 bits per heavy atom. The average molecular weight is 305 g/mol. The molecule has 0 saturated carbocycles. The van der Waals surface area contributed by atoms with E-state index >= 15 is 0 Å². The third kappa shape index (κ3) is 3.37. The number of carbonyl (C=O) groups excluding carboxylic acids is 1. The monoisotopic (exact) mass is 305 g/mol. The zero-order chi connectivity index (χ0) is 16.4. The number of hydrogen-bond donors (Lipinski definition) is 0. The van der Waals surface area contributed by atoms with Crippen molar-refractivity contribution >= 4 is 17.3 Å². The van der Waals surface area contributed by atoms with E-state index in [-0.39, 0.29) is 11.6 Å². The minimum absolute atomic E-state index is 0.0490. The molecule has 6 heteroatoms. The van der Waals surface area contributed by atoms with E-state index in [4.69, 9.17) is 0 Å². The summed E-state index contributed by atoms with van der Waals surface area (Å²) < 4.78 is 0. The number of nitro groups is 1. The summed E-state index contributed by atoms with van der Waals surface area (Å²) in [5.41, 5.74) is 1.06. The average Bonchev–Trinajstić information content (AvgIpc) is 2.44. The molecule has 0 radical (unpaired) electrons. The fraction of sp³-hybridized carbons (Fsp3) is 0.562. The number of benzene rings is 1. The van der Waals surface area contributed by atoms with Gasteiger partial charge in [-0.25, -0.2) is 0 Å². The van der Waals surface area contributed by atoms with Gasteiger partial charge in [0.2, 0.25) is 0 Å². The maximum absolute atomic E-state index is 12.9. The largest absolute Gasteiger partial charge is 0.377 e. The number of carbonyl (C=O) groups is 1. The SMILES string of the molecule is CC1CC(C)CN(C(=O)c2cc([N+](=O)[O-])ccc2N(C)C)C1. The normalized spacial score (nSPS) is 21.5. The second-order valence-electron chi connectivity index (χ2n) is 6.51. The molecule has 1 heterocycles. The molecule has 1 amide bonds. The second kappa shape index (κ2) is 6.34. The van der Waals surface area contributed by atoms with Gasteiger partial charge < -0.3 is 9.80 Å². The number of rotatable bonds is 3. The Bertz CT molecular complexity index is 576. The first-order valence-corrected chi connectivity index (χ1v) is 7.54. The fourth-order valence-electron chi connectivity index (χ4n) is 3.20. The summed E-state index contributed by atoms with van der Waals surface area (Å²) >= 11 is 0. The lowest BCUT2D eigenvalue weighted by molar-refractivity contribution is -0.384. The van der Waals surface area contributed by atoms with Crippen LogP contribution in [0.25, 0.3) is 0 Å². The molecule has 1 aliphatic rings. The van der Waals surface area contributed by atoms with Gasteiger partial charge in [0.05, 0.1) is 10.5 Å². The van der Waals surface area contributed by atoms with Crippen LogP contribution in [0.15, 0.2) is 18.2 Å². The molecular formula is C16H23N3O3. The van der Waals surface area contributed by atoms with Crippen LogP contribution in [0.5, 0.6) is 0 Å². The molecule has 1 saturated heterocycles. The highest BCUT2D eigenvalue weighted by atomic mass is 16.6. The van der Waals surface area contributed by atoms with Gasteiger partial charge in [-0.05, 0) is 24.3 Å². The molecule has 0 aromatic heterocycles. The molecule has 0 spiro atoms. The molecule has 1 aliphatic heterocycles. The summed E-state index contributed by atoms with van der Waals surface area (Å²) in [6.07, 6.45) is 1.11. The van der Waals surface area contributed by atoms with Crippen LogP contribution in [0.2, 0.25) is 0 Å². The molecule has 2 rings (SSSR count). The van der Waals surface area contributed by atoms with E-state index in [9.17, 15) is 14.9 Å². The Morgan fingerprint density at radius 1 is 1.27 bits per heavy atom. The Kier molecular flexibility index (Phi) is 4.68. The van der Waals surface area contributed by atoms with Crippen molar-refractivity contribution in [1.82, 2.24) is 4.90 Å². The summed E-state index contributed by atoms with van der Waals surface area (Å²) in [4.78, 5) is 27.0. The van der Waals surface area contributed by atoms with E-state index in [0.29, 0.717) is 36.2 Å². The maximum atomic E-state index is 12.9. The molecule has 0 aliphatic carbocycles. The molecular weight excluding hydrogens is 282 g/mol. The van der Waals surface area contributed by atoms with Gasteiger partial charge in [0, 0.05) is 45.0 Å². The maximum Gasteiger partial charge on any atom is 0.270 e. The lowest BCUT2D eigenvalue weighted by Crippen LogP contribution is -2.43. The van der Waals surface area contributed by atoms with Crippen LogP contribution in [0.1, 0.15) is 30.6 Å². The fourth-order valence-corrected chi connectivity index (χ4v) is 3.20. The number of nitro benzene ring substituents is 1. The number of hydrogen-bond acceptors (Lipinski definition) is 4. The summed E-state index contributed by atoms with van der Waals surface area (Å²) in [5, 5.41) is 11.0. The lowest BCUT2D eigenvalue weighted by Gasteiger charge is -2.35. The summed E-state index contributed by atoms with van der Waals surface area (Å²) in [6, 6.07) is 4.47. The van der Waals surface area contributed by atoms with Crippen LogP contribution >= 0.6 is 0 Å². The van der Waals surface area contributed by atoms with Crippen LogP contribution in [0.4, 0.5) is 11.4 Å². The number of anilines is 1. The van der Waals surface area contributed by atoms with E-state index in [2.05, 4.69) is 13.8 Å². The van der Waals surface area contributed by atoms with E-state index in [1.807, 2.05) is 23.9 Å². The zero-order valence-electron chi connectivity index (χ0n) is 13.6. The lowest BCUT2D eigenvalue weighted by atomic mass is 9.91. The van der Waals surface area contributed by atoms with Gasteiger partial charge in [0.1, 0.15) is 0 Å². The predicted octanol–water partition coefficient (Wildman–Crippen LogP) is 2.78. The highest BCUT2D eigenvalue weighted by molar-refractivity contribution is 6.00. The van der Waals surface area contributed by atoms with Crippen LogP contribution < -0.4 is 4.90 Å². The Hall–Kier alpha value is -2.11. The van der Waals surface area contributed by atoms with Gasteiger partial charge in [-0.3, -0.25) is 14.9 Å². The summed E-state index contributed by atoms with van der Waals surface area (Å²) in [5.74, 6) is 0.786. The second-order valence-corrected chi connectivity index (χ2v) is 6.51. The molecule has 2 atom stereocenters. The third-order valence-electron chi connectivity index (χ3n) is 4.06. The highest BCUT2D eigenvalue weighted by Gasteiger charge is 2.28. The number of amides is 1. The van der Waals surface area contributed by atoms with Crippen molar-refractivity contribution in [2.45, 2.75) is 20.3 Å². The van der Waals surface area contributed by atoms with E-state index in [1.165, 1.54) is 12.1 Å². The van der Waals surface area contributed by atoms with Crippen molar-refractivity contribution in [2.24, 2.45) is 11.8 Å². The van der Waals surface area contributed by atoms with Crippen LogP contribution in [0, 0.1) is 22.0 Å². The van der Waals surface area contributed by atoms with Crippen molar-refractivity contribution in [3.8, 4) is 0 Å². The standard InChI is InChI=1S/C16H23N3O3/c1-11-7-12(2)10-18(9-11)16(20)14-8-13(19(21)22)5-6-15(14)17(3)4/h5-6,8,11-12H,7,9-10H2,1-4H3. The van der Waals surface area contributed by atoms with Crippen molar-refractivity contribution in [2.75, 3.05) is 32.1 Å². The zero-order valence-corrected chi connectivity index (χ0v) is 13.6. The molecule has 120 valence electrons. The topological polar surface area (TPSA) is 66.7 Å². The minimum Gasteiger partial charge on any atom is -0.377 e. The molecule has 0 N–H and O–H groups in total. The summed E-state index contributed by atoms with van der Waals surface area (Å²) in [7, 11) is 3.67.